The van der Waals surface area contributed by atoms with Crippen LogP contribution in [-0.4, -0.2) is 29.0 Å². The zero-order valence-corrected chi connectivity index (χ0v) is 16.3. The molecule has 0 unspecified atom stereocenters. The molecule has 1 amide bonds. The van der Waals surface area contributed by atoms with Gasteiger partial charge in [0, 0.05) is 36.1 Å². The number of aromatic nitrogens is 2. The van der Waals surface area contributed by atoms with Gasteiger partial charge in [-0.1, -0.05) is 6.07 Å². The maximum atomic E-state index is 13.9. The van der Waals surface area contributed by atoms with E-state index in [4.69, 9.17) is 0 Å². The fourth-order valence-electron chi connectivity index (χ4n) is 3.58. The molecule has 0 bridgehead atoms. The molecule has 1 fully saturated rings. The molecule has 0 aliphatic carbocycles. The van der Waals surface area contributed by atoms with Crippen molar-refractivity contribution < 1.29 is 13.6 Å². The van der Waals surface area contributed by atoms with E-state index in [0.717, 1.165) is 52.9 Å². The number of halogens is 2. The van der Waals surface area contributed by atoms with E-state index in [-0.39, 0.29) is 18.0 Å². The van der Waals surface area contributed by atoms with Gasteiger partial charge in [-0.05, 0) is 32.3 Å². The van der Waals surface area contributed by atoms with Crippen molar-refractivity contribution in [2.24, 2.45) is 0 Å². The first-order chi connectivity index (χ1) is 13.5. The normalized spacial score (nSPS) is 14.5. The van der Waals surface area contributed by atoms with Gasteiger partial charge in [0.2, 0.25) is 0 Å². The van der Waals surface area contributed by atoms with Crippen molar-refractivity contribution >= 4 is 33.3 Å². The molecule has 0 saturated carbocycles. The van der Waals surface area contributed by atoms with Crippen molar-refractivity contribution in [3.8, 4) is 0 Å². The first kappa shape index (κ1) is 18.7. The average Bonchev–Trinajstić information content (AvgIpc) is 3.03. The summed E-state index contributed by atoms with van der Waals surface area (Å²) in [6, 6.07) is 3.33. The monoisotopic (exact) mass is 402 g/mol. The predicted molar refractivity (Wildman–Crippen MR) is 106 cm³/mol. The van der Waals surface area contributed by atoms with Crippen LogP contribution in [0.5, 0.6) is 0 Å². The van der Waals surface area contributed by atoms with Crippen LogP contribution in [-0.2, 0) is 6.54 Å². The number of nitrogens with one attached hydrogen (secondary N) is 1. The number of thiophene rings is 1. The maximum absolute atomic E-state index is 13.9. The third-order valence-electron chi connectivity index (χ3n) is 4.98. The van der Waals surface area contributed by atoms with E-state index in [0.29, 0.717) is 5.56 Å². The summed E-state index contributed by atoms with van der Waals surface area (Å²) < 4.78 is 26.9. The molecule has 4 rings (SSSR count). The lowest BCUT2D eigenvalue weighted by Gasteiger charge is -2.28. The summed E-state index contributed by atoms with van der Waals surface area (Å²) in [7, 11) is 0. The molecule has 1 aliphatic heterocycles. The number of piperidine rings is 1. The van der Waals surface area contributed by atoms with Crippen LogP contribution in [0.25, 0.3) is 10.2 Å². The third kappa shape index (κ3) is 3.56. The Morgan fingerprint density at radius 1 is 1.21 bits per heavy atom. The Morgan fingerprint density at radius 3 is 2.75 bits per heavy atom. The Morgan fingerprint density at radius 2 is 2.00 bits per heavy atom. The van der Waals surface area contributed by atoms with Crippen molar-refractivity contribution in [1.82, 2.24) is 15.3 Å². The number of carbonyl (C=O) groups is 1. The van der Waals surface area contributed by atoms with Crippen molar-refractivity contribution in [2.45, 2.75) is 32.7 Å². The summed E-state index contributed by atoms with van der Waals surface area (Å²) in [6.07, 6.45) is 4.93. The SMILES string of the molecule is Cc1sc2ncnc(N3CCCCC3)c2c1C(=O)NCc1ccc(F)cc1F. The molecule has 146 valence electrons. The van der Waals surface area contributed by atoms with Crippen LogP contribution >= 0.6 is 11.3 Å². The number of fused-ring (bicyclic) bond motifs is 1. The van der Waals surface area contributed by atoms with Crippen LogP contribution in [0.1, 0.15) is 40.1 Å². The summed E-state index contributed by atoms with van der Waals surface area (Å²) in [5.41, 5.74) is 0.767. The van der Waals surface area contributed by atoms with E-state index < -0.39 is 11.6 Å². The topological polar surface area (TPSA) is 58.1 Å². The number of hydrogen-bond acceptors (Lipinski definition) is 5. The highest BCUT2D eigenvalue weighted by Gasteiger charge is 2.24. The minimum atomic E-state index is -0.676. The van der Waals surface area contributed by atoms with E-state index in [1.54, 1.807) is 0 Å². The van der Waals surface area contributed by atoms with Gasteiger partial charge in [-0.15, -0.1) is 11.3 Å². The Kier molecular flexibility index (Phi) is 5.21. The number of nitrogens with zero attached hydrogens (tertiary/aromatic N) is 3. The molecule has 2 aromatic heterocycles. The van der Waals surface area contributed by atoms with Gasteiger partial charge in [0.05, 0.1) is 10.9 Å². The lowest BCUT2D eigenvalue weighted by atomic mass is 10.1. The second-order valence-corrected chi connectivity index (χ2v) is 8.08. The molecular weight excluding hydrogens is 382 g/mol. The van der Waals surface area contributed by atoms with Crippen molar-refractivity contribution in [3.63, 3.8) is 0 Å². The van der Waals surface area contributed by atoms with Crippen LogP contribution in [0.2, 0.25) is 0 Å². The second kappa shape index (κ2) is 7.79. The molecule has 1 aromatic carbocycles. The van der Waals surface area contributed by atoms with Crippen LogP contribution in [0, 0.1) is 18.6 Å². The van der Waals surface area contributed by atoms with E-state index in [1.165, 1.54) is 36.2 Å². The molecule has 1 N–H and O–H groups in total. The molecule has 3 heterocycles. The number of benzene rings is 1. The minimum absolute atomic E-state index is 0.0194. The zero-order valence-electron chi connectivity index (χ0n) is 15.5. The Balaban J connectivity index is 1.65. The lowest BCUT2D eigenvalue weighted by molar-refractivity contribution is 0.0952. The molecular formula is C20H20F2N4OS. The number of rotatable bonds is 4. The first-order valence-electron chi connectivity index (χ1n) is 9.26. The van der Waals surface area contributed by atoms with E-state index >= 15 is 0 Å². The largest absolute Gasteiger partial charge is 0.356 e. The van der Waals surface area contributed by atoms with Crippen LogP contribution in [0.3, 0.4) is 0 Å². The molecule has 1 aliphatic rings. The Hall–Kier alpha value is -2.61. The van der Waals surface area contributed by atoms with Gasteiger partial charge in [0.1, 0.15) is 28.6 Å². The van der Waals surface area contributed by atoms with Gasteiger partial charge in [-0.3, -0.25) is 4.79 Å². The number of hydrogen-bond donors (Lipinski definition) is 1. The summed E-state index contributed by atoms with van der Waals surface area (Å²) >= 11 is 1.45. The fraction of sp³-hybridized carbons (Fsp3) is 0.350. The van der Waals surface area contributed by atoms with E-state index in [1.807, 2.05) is 6.92 Å². The van der Waals surface area contributed by atoms with Gasteiger partial charge in [-0.2, -0.15) is 0 Å². The number of carbonyl (C=O) groups excluding carboxylic acids is 1. The van der Waals surface area contributed by atoms with E-state index in [2.05, 4.69) is 20.2 Å². The van der Waals surface area contributed by atoms with Crippen molar-refractivity contribution in [2.75, 3.05) is 18.0 Å². The summed E-state index contributed by atoms with van der Waals surface area (Å²) in [5.74, 6) is -0.840. The summed E-state index contributed by atoms with van der Waals surface area (Å²) in [5, 5.41) is 3.51. The number of aryl methyl sites for hydroxylation is 1. The van der Waals surface area contributed by atoms with Gasteiger partial charge in [0.15, 0.2) is 0 Å². The predicted octanol–water partition coefficient (Wildman–Crippen LogP) is 4.20. The van der Waals surface area contributed by atoms with Gasteiger partial charge in [0.25, 0.3) is 5.91 Å². The molecule has 8 heteroatoms. The number of anilines is 1. The van der Waals surface area contributed by atoms with Crippen LogP contribution in [0.4, 0.5) is 14.6 Å². The van der Waals surface area contributed by atoms with Crippen molar-refractivity contribution in [1.29, 1.82) is 0 Å². The molecule has 28 heavy (non-hydrogen) atoms. The van der Waals surface area contributed by atoms with Gasteiger partial charge >= 0.3 is 0 Å². The highest BCUT2D eigenvalue weighted by Crippen LogP contribution is 2.35. The van der Waals surface area contributed by atoms with Crippen LogP contribution in [0.15, 0.2) is 24.5 Å². The second-order valence-electron chi connectivity index (χ2n) is 6.88. The maximum Gasteiger partial charge on any atom is 0.253 e. The molecule has 1 saturated heterocycles. The third-order valence-corrected chi connectivity index (χ3v) is 5.99. The lowest BCUT2D eigenvalue weighted by Crippen LogP contribution is -2.31. The smallest absolute Gasteiger partial charge is 0.253 e. The molecule has 3 aromatic rings. The molecule has 0 radical (unpaired) electrons. The van der Waals surface area contributed by atoms with Gasteiger partial charge in [-0.25, -0.2) is 18.7 Å². The van der Waals surface area contributed by atoms with Crippen LogP contribution < -0.4 is 10.2 Å². The highest BCUT2D eigenvalue weighted by molar-refractivity contribution is 7.19. The zero-order chi connectivity index (χ0) is 19.7. The van der Waals surface area contributed by atoms with Gasteiger partial charge < -0.3 is 10.2 Å². The standard InChI is InChI=1S/C20H20F2N4OS/c1-12-16(19(27)23-10-13-5-6-14(21)9-15(13)22)17-18(24-11-25-20(17)28-12)26-7-3-2-4-8-26/h5-6,9,11H,2-4,7-8,10H2,1H3,(H,23,27). The number of amides is 1. The van der Waals surface area contributed by atoms with Crippen molar-refractivity contribution in [3.05, 3.63) is 52.2 Å². The summed E-state index contributed by atoms with van der Waals surface area (Å²) in [6.45, 7) is 3.67. The summed E-state index contributed by atoms with van der Waals surface area (Å²) in [4.78, 5) is 25.6. The fourth-order valence-corrected chi connectivity index (χ4v) is 4.56. The highest BCUT2D eigenvalue weighted by atomic mass is 32.1. The quantitative estimate of drug-likeness (QED) is 0.711. The molecule has 0 atom stereocenters. The molecule has 0 spiro atoms. The average molecular weight is 402 g/mol. The Labute approximate surface area is 165 Å². The van der Waals surface area contributed by atoms with E-state index in [9.17, 15) is 13.6 Å². The first-order valence-corrected chi connectivity index (χ1v) is 10.1. The molecule has 5 nitrogen and oxygen atoms in total. The minimum Gasteiger partial charge on any atom is -0.356 e. The Bertz CT molecular complexity index is 1030.